The Morgan fingerprint density at radius 1 is 0.705 bits per heavy atom. The van der Waals surface area contributed by atoms with Crippen LogP contribution < -0.4 is 9.80 Å². The maximum Gasteiger partial charge on any atom is 0.266 e. The number of hydrogen-bond acceptors (Lipinski definition) is 3. The molecule has 5 aromatic rings. The first-order chi connectivity index (χ1) is 21.5. The molecule has 0 spiro atoms. The van der Waals surface area contributed by atoms with Crippen LogP contribution in [-0.2, 0) is 15.3 Å². The fourth-order valence-corrected chi connectivity index (χ4v) is 6.46. The van der Waals surface area contributed by atoms with Gasteiger partial charge in [-0.25, -0.2) is 0 Å². The first kappa shape index (κ1) is 27.4. The summed E-state index contributed by atoms with van der Waals surface area (Å²) in [6, 6.07) is 44.3. The van der Waals surface area contributed by atoms with Gasteiger partial charge in [0.15, 0.2) is 0 Å². The molecule has 0 aromatic heterocycles. The molecule has 2 atom stereocenters. The van der Waals surface area contributed by atoms with Crippen molar-refractivity contribution in [2.24, 2.45) is 0 Å². The van der Waals surface area contributed by atoms with Crippen molar-refractivity contribution in [3.63, 3.8) is 0 Å². The van der Waals surface area contributed by atoms with Gasteiger partial charge in [0, 0.05) is 29.2 Å². The van der Waals surface area contributed by atoms with Crippen molar-refractivity contribution in [1.82, 2.24) is 0 Å². The Morgan fingerprint density at radius 3 is 1.89 bits per heavy atom. The van der Waals surface area contributed by atoms with Gasteiger partial charge in [-0.1, -0.05) is 121 Å². The minimum absolute atomic E-state index is 0.128. The average Bonchev–Trinajstić information content (AvgIpc) is 3.18. The van der Waals surface area contributed by atoms with Crippen molar-refractivity contribution >= 4 is 34.5 Å². The van der Waals surface area contributed by atoms with Crippen LogP contribution in [0.25, 0.3) is 11.3 Å². The Kier molecular flexibility index (Phi) is 6.86. The summed E-state index contributed by atoms with van der Waals surface area (Å²) in [6.45, 7) is 4.07. The summed E-state index contributed by atoms with van der Waals surface area (Å²) < 4.78 is 7.32. The van der Waals surface area contributed by atoms with Crippen LogP contribution in [0.3, 0.4) is 0 Å². The Morgan fingerprint density at radius 2 is 1.25 bits per heavy atom. The largest absolute Gasteiger partial charge is 0.462 e. The average molecular weight is 577 g/mol. The molecule has 0 bridgehead atoms. The fraction of sp³-hybridized carbons (Fsp3) is 0.128. The van der Waals surface area contributed by atoms with E-state index in [1.807, 2.05) is 158 Å². The summed E-state index contributed by atoms with van der Waals surface area (Å²) in [4.78, 5) is 33.1. The molecule has 2 unspecified atom stereocenters. The molecule has 5 heteroatoms. The summed E-state index contributed by atoms with van der Waals surface area (Å²) in [5.74, 6) is 0.207. The number of carbonyl (C=O) groups is 2. The van der Waals surface area contributed by atoms with E-state index in [9.17, 15) is 4.79 Å². The second kappa shape index (κ2) is 11.0. The van der Waals surface area contributed by atoms with Gasteiger partial charge in [0.25, 0.3) is 11.8 Å². The summed E-state index contributed by atoms with van der Waals surface area (Å²) in [5, 5.41) is 0. The van der Waals surface area contributed by atoms with Crippen LogP contribution in [0.1, 0.15) is 46.0 Å². The third kappa shape index (κ3) is 4.49. The molecule has 2 amide bonds. The van der Waals surface area contributed by atoms with Crippen molar-refractivity contribution in [1.29, 1.82) is 0 Å². The van der Waals surface area contributed by atoms with E-state index in [4.69, 9.17) is 4.74 Å². The number of anilines is 2. The van der Waals surface area contributed by atoms with E-state index in [1.165, 1.54) is 0 Å². The number of benzene rings is 5. The summed E-state index contributed by atoms with van der Waals surface area (Å²) in [7, 11) is 0. The van der Waals surface area contributed by atoms with E-state index in [0.717, 1.165) is 22.3 Å². The number of rotatable bonds is 4. The van der Waals surface area contributed by atoms with Crippen molar-refractivity contribution in [3.05, 3.63) is 167 Å². The third-order valence-corrected chi connectivity index (χ3v) is 8.51. The third-order valence-electron chi connectivity index (χ3n) is 8.51. The molecular weight excluding hydrogens is 544 g/mol. The molecule has 5 aromatic carbocycles. The lowest BCUT2D eigenvalue weighted by Gasteiger charge is -2.48. The van der Waals surface area contributed by atoms with Gasteiger partial charge < -0.3 is 9.64 Å². The molecule has 216 valence electrons. The van der Waals surface area contributed by atoms with Crippen LogP contribution in [0.5, 0.6) is 0 Å². The number of fused-ring (bicyclic) bond motifs is 3. The fourth-order valence-electron chi connectivity index (χ4n) is 6.46. The van der Waals surface area contributed by atoms with Gasteiger partial charge in [0.2, 0.25) is 5.72 Å². The molecule has 7 rings (SSSR count). The Bertz CT molecular complexity index is 1870. The Balaban J connectivity index is 1.53. The van der Waals surface area contributed by atoms with Crippen LogP contribution >= 0.6 is 0 Å². The van der Waals surface area contributed by atoms with E-state index >= 15 is 4.79 Å². The van der Waals surface area contributed by atoms with E-state index in [1.54, 1.807) is 4.90 Å². The first-order valence-corrected chi connectivity index (χ1v) is 14.9. The summed E-state index contributed by atoms with van der Waals surface area (Å²) in [6.07, 6.45) is 0.341. The highest BCUT2D eigenvalue weighted by molar-refractivity contribution is 6.33. The second-order valence-electron chi connectivity index (χ2n) is 11.4. The van der Waals surface area contributed by atoms with Crippen LogP contribution in [0, 0.1) is 6.92 Å². The molecule has 5 nitrogen and oxygen atoms in total. The van der Waals surface area contributed by atoms with Gasteiger partial charge in [-0.15, -0.1) is 0 Å². The lowest BCUT2D eigenvalue weighted by Crippen LogP contribution is -2.55. The standard InChI is InChI=1S/C39H32N2O3/c1-27-22-24-32(25-23-27)39-26-28(2)40(37(42)31-18-10-5-11-19-31)33-20-12-13-21-34(33)41(39)38(43)35(29-14-6-3-7-15-29)36(44-39)30-16-8-4-9-17-30/h3-25,28H,26H2,1-2H3. The smallest absolute Gasteiger partial charge is 0.266 e. The molecular formula is C39H32N2O3. The van der Waals surface area contributed by atoms with E-state index in [0.29, 0.717) is 34.7 Å². The molecule has 44 heavy (non-hydrogen) atoms. The molecule has 0 fully saturated rings. The number of hydrogen-bond donors (Lipinski definition) is 0. The van der Waals surface area contributed by atoms with Gasteiger partial charge in [-0.05, 0) is 43.7 Å². The minimum Gasteiger partial charge on any atom is -0.462 e. The molecule has 0 radical (unpaired) electrons. The van der Waals surface area contributed by atoms with Crippen LogP contribution in [0.15, 0.2) is 140 Å². The zero-order valence-corrected chi connectivity index (χ0v) is 24.7. The highest BCUT2D eigenvalue weighted by atomic mass is 16.5. The number of aryl methyl sites for hydroxylation is 1. The lowest BCUT2D eigenvalue weighted by atomic mass is 9.88. The van der Waals surface area contributed by atoms with Gasteiger partial charge in [0.1, 0.15) is 5.76 Å². The minimum atomic E-state index is -1.24. The highest BCUT2D eigenvalue weighted by Gasteiger charge is 2.55. The zero-order chi connectivity index (χ0) is 30.3. The quantitative estimate of drug-likeness (QED) is 0.217. The number of ether oxygens (including phenoxy) is 1. The maximum absolute atomic E-state index is 15.2. The van der Waals surface area contributed by atoms with Gasteiger partial charge in [0.05, 0.1) is 16.9 Å². The van der Waals surface area contributed by atoms with Crippen LogP contribution in [0.2, 0.25) is 0 Å². The maximum atomic E-state index is 15.2. The molecule has 0 saturated heterocycles. The first-order valence-electron chi connectivity index (χ1n) is 14.9. The molecule has 0 aliphatic carbocycles. The van der Waals surface area contributed by atoms with Crippen molar-refractivity contribution < 1.29 is 14.3 Å². The van der Waals surface area contributed by atoms with E-state index in [-0.39, 0.29) is 17.9 Å². The number of carbonyl (C=O) groups excluding carboxylic acids is 2. The molecule has 2 aliphatic rings. The molecule has 0 saturated carbocycles. The number of para-hydroxylation sites is 2. The van der Waals surface area contributed by atoms with E-state index < -0.39 is 5.72 Å². The number of nitrogens with zero attached hydrogens (tertiary/aromatic N) is 2. The zero-order valence-electron chi connectivity index (χ0n) is 24.7. The SMILES string of the molecule is Cc1ccc(C23CC(C)N(C(=O)c4ccccc4)c4ccccc4N2C(=O)C(c2ccccc2)=C(c2ccccc2)O3)cc1. The second-order valence-corrected chi connectivity index (χ2v) is 11.4. The van der Waals surface area contributed by atoms with Crippen molar-refractivity contribution in [3.8, 4) is 0 Å². The summed E-state index contributed by atoms with van der Waals surface area (Å²) in [5.41, 5.74) is 4.62. The predicted molar refractivity (Wildman–Crippen MR) is 175 cm³/mol. The molecule has 2 heterocycles. The molecule has 0 N–H and O–H groups in total. The number of amides is 2. The highest BCUT2D eigenvalue weighted by Crippen LogP contribution is 2.53. The van der Waals surface area contributed by atoms with Gasteiger partial charge in [-0.2, -0.15) is 0 Å². The topological polar surface area (TPSA) is 49.9 Å². The van der Waals surface area contributed by atoms with Gasteiger partial charge >= 0.3 is 0 Å². The Hall–Kier alpha value is -5.42. The van der Waals surface area contributed by atoms with Crippen LogP contribution in [0.4, 0.5) is 11.4 Å². The van der Waals surface area contributed by atoms with Crippen LogP contribution in [-0.4, -0.2) is 17.9 Å². The lowest BCUT2D eigenvalue weighted by molar-refractivity contribution is -0.120. The molecule has 2 aliphatic heterocycles. The van der Waals surface area contributed by atoms with Crippen molar-refractivity contribution in [2.75, 3.05) is 9.80 Å². The summed E-state index contributed by atoms with van der Waals surface area (Å²) >= 11 is 0. The monoisotopic (exact) mass is 576 g/mol. The van der Waals surface area contributed by atoms with E-state index in [2.05, 4.69) is 0 Å². The normalized spacial score (nSPS) is 19.5. The van der Waals surface area contributed by atoms with Crippen molar-refractivity contribution in [2.45, 2.75) is 32.0 Å². The van der Waals surface area contributed by atoms with Gasteiger partial charge in [-0.3, -0.25) is 14.5 Å². The Labute approximate surface area is 257 Å². The predicted octanol–water partition coefficient (Wildman–Crippen LogP) is 8.22.